The van der Waals surface area contributed by atoms with Gasteiger partial charge in [-0.2, -0.15) is 0 Å². The number of hydrogen-bond donors (Lipinski definition) is 0. The fourth-order valence-electron chi connectivity index (χ4n) is 3.91. The molecular formula is C27H23NS. The molecule has 0 spiro atoms. The second kappa shape index (κ2) is 6.82. The number of benzene rings is 3. The standard InChI is InChI=1S/C27H23NS/c1-27(2,3)19-15-16-28-24(17-19)23-14-8-13-22-21-12-7-11-20(25(21)29-26(22)23)18-9-5-4-6-10-18/h4-17H,1-3H3. The van der Waals surface area contributed by atoms with E-state index in [1.54, 1.807) is 0 Å². The number of thiophene rings is 1. The predicted octanol–water partition coefficient (Wildman–Crippen LogP) is 8.08. The Morgan fingerprint density at radius 1 is 0.690 bits per heavy atom. The van der Waals surface area contributed by atoms with E-state index in [2.05, 4.69) is 99.6 Å². The number of nitrogens with zero attached hydrogens (tertiary/aromatic N) is 1. The lowest BCUT2D eigenvalue weighted by Gasteiger charge is -2.19. The molecule has 2 aromatic heterocycles. The first-order valence-electron chi connectivity index (χ1n) is 9.99. The fraction of sp³-hybridized carbons (Fsp3) is 0.148. The zero-order valence-electron chi connectivity index (χ0n) is 16.9. The molecule has 0 radical (unpaired) electrons. The summed E-state index contributed by atoms with van der Waals surface area (Å²) < 4.78 is 2.65. The lowest BCUT2D eigenvalue weighted by Crippen LogP contribution is -2.11. The van der Waals surface area contributed by atoms with Gasteiger partial charge >= 0.3 is 0 Å². The summed E-state index contributed by atoms with van der Waals surface area (Å²) in [6.07, 6.45) is 1.94. The monoisotopic (exact) mass is 393 g/mol. The van der Waals surface area contributed by atoms with E-state index in [1.165, 1.54) is 42.4 Å². The van der Waals surface area contributed by atoms with Gasteiger partial charge in [0.15, 0.2) is 0 Å². The molecule has 5 aromatic rings. The van der Waals surface area contributed by atoms with E-state index in [9.17, 15) is 0 Å². The van der Waals surface area contributed by atoms with Gasteiger partial charge in [-0.25, -0.2) is 0 Å². The summed E-state index contributed by atoms with van der Waals surface area (Å²) in [5.74, 6) is 0. The lowest BCUT2D eigenvalue weighted by atomic mass is 9.87. The third-order valence-corrected chi connectivity index (χ3v) is 6.80. The summed E-state index contributed by atoms with van der Waals surface area (Å²) in [6.45, 7) is 6.74. The molecule has 2 heteroatoms. The minimum Gasteiger partial charge on any atom is -0.256 e. The van der Waals surface area contributed by atoms with Crippen LogP contribution < -0.4 is 0 Å². The summed E-state index contributed by atoms with van der Waals surface area (Å²) >= 11 is 1.88. The smallest absolute Gasteiger partial charge is 0.0719 e. The molecule has 0 aliphatic rings. The zero-order chi connectivity index (χ0) is 20.0. The van der Waals surface area contributed by atoms with Gasteiger partial charge in [0.25, 0.3) is 0 Å². The Balaban J connectivity index is 1.78. The maximum atomic E-state index is 4.73. The second-order valence-electron chi connectivity index (χ2n) is 8.51. The van der Waals surface area contributed by atoms with Gasteiger partial charge in [-0.1, -0.05) is 87.5 Å². The molecule has 1 nitrogen and oxygen atoms in total. The van der Waals surface area contributed by atoms with Crippen LogP contribution in [0.25, 0.3) is 42.6 Å². The van der Waals surface area contributed by atoms with E-state index < -0.39 is 0 Å². The van der Waals surface area contributed by atoms with Gasteiger partial charge in [-0.15, -0.1) is 11.3 Å². The molecule has 0 atom stereocenters. The quantitative estimate of drug-likeness (QED) is 0.295. The van der Waals surface area contributed by atoms with Crippen LogP contribution in [0.3, 0.4) is 0 Å². The number of aromatic nitrogens is 1. The van der Waals surface area contributed by atoms with Crippen molar-refractivity contribution in [1.82, 2.24) is 4.98 Å². The van der Waals surface area contributed by atoms with E-state index in [-0.39, 0.29) is 5.41 Å². The van der Waals surface area contributed by atoms with Crippen molar-refractivity contribution in [3.63, 3.8) is 0 Å². The molecule has 3 aromatic carbocycles. The highest BCUT2D eigenvalue weighted by Gasteiger charge is 2.17. The average molecular weight is 394 g/mol. The summed E-state index contributed by atoms with van der Waals surface area (Å²) in [6, 6.07) is 28.3. The van der Waals surface area contributed by atoms with Crippen LogP contribution in [-0.2, 0) is 5.41 Å². The van der Waals surface area contributed by atoms with Crippen molar-refractivity contribution < 1.29 is 0 Å². The van der Waals surface area contributed by atoms with Crippen molar-refractivity contribution in [2.24, 2.45) is 0 Å². The second-order valence-corrected chi connectivity index (χ2v) is 9.53. The lowest BCUT2D eigenvalue weighted by molar-refractivity contribution is 0.589. The van der Waals surface area contributed by atoms with E-state index >= 15 is 0 Å². The summed E-state index contributed by atoms with van der Waals surface area (Å²) in [5.41, 5.74) is 6.24. The fourth-order valence-corrected chi connectivity index (χ4v) is 5.27. The molecule has 0 saturated heterocycles. The highest BCUT2D eigenvalue weighted by Crippen LogP contribution is 2.43. The van der Waals surface area contributed by atoms with E-state index in [1.807, 2.05) is 17.5 Å². The maximum Gasteiger partial charge on any atom is 0.0719 e. The SMILES string of the molecule is CC(C)(C)c1ccnc(-c2cccc3c2sc2c(-c4ccccc4)cccc23)c1. The molecule has 142 valence electrons. The van der Waals surface area contributed by atoms with Gasteiger partial charge < -0.3 is 0 Å². The van der Waals surface area contributed by atoms with Crippen molar-refractivity contribution in [2.75, 3.05) is 0 Å². The topological polar surface area (TPSA) is 12.9 Å². The van der Waals surface area contributed by atoms with Gasteiger partial charge in [-0.3, -0.25) is 4.98 Å². The number of rotatable bonds is 2. The Morgan fingerprint density at radius 3 is 2.03 bits per heavy atom. The van der Waals surface area contributed by atoms with Crippen molar-refractivity contribution in [1.29, 1.82) is 0 Å². The highest BCUT2D eigenvalue weighted by atomic mass is 32.1. The largest absolute Gasteiger partial charge is 0.256 e. The van der Waals surface area contributed by atoms with E-state index in [0.717, 1.165) is 5.69 Å². The molecule has 0 saturated carbocycles. The van der Waals surface area contributed by atoms with Crippen molar-refractivity contribution in [2.45, 2.75) is 26.2 Å². The highest BCUT2D eigenvalue weighted by molar-refractivity contribution is 7.26. The first-order chi connectivity index (χ1) is 14.0. The molecule has 0 N–H and O–H groups in total. The van der Waals surface area contributed by atoms with Crippen molar-refractivity contribution in [3.8, 4) is 22.4 Å². The van der Waals surface area contributed by atoms with Crippen LogP contribution in [-0.4, -0.2) is 4.98 Å². The Hall–Kier alpha value is -2.97. The molecule has 0 aliphatic carbocycles. The molecule has 29 heavy (non-hydrogen) atoms. The van der Waals surface area contributed by atoms with Gasteiger partial charge in [0.1, 0.15) is 0 Å². The Morgan fingerprint density at radius 2 is 1.34 bits per heavy atom. The molecule has 5 rings (SSSR count). The summed E-state index contributed by atoms with van der Waals surface area (Å²) in [7, 11) is 0. The molecule has 0 unspecified atom stereocenters. The molecule has 0 aliphatic heterocycles. The van der Waals surface area contributed by atoms with Crippen molar-refractivity contribution >= 4 is 31.5 Å². The van der Waals surface area contributed by atoms with Crippen LogP contribution in [0.1, 0.15) is 26.3 Å². The number of pyridine rings is 1. The van der Waals surface area contributed by atoms with Gasteiger partial charge in [0, 0.05) is 31.9 Å². The molecule has 0 amide bonds. The normalized spacial score (nSPS) is 12.0. The van der Waals surface area contributed by atoms with Crippen LogP contribution in [0.4, 0.5) is 0 Å². The van der Waals surface area contributed by atoms with Crippen LogP contribution >= 0.6 is 11.3 Å². The number of hydrogen-bond acceptors (Lipinski definition) is 2. The Kier molecular flexibility index (Phi) is 4.25. The van der Waals surface area contributed by atoms with Crippen LogP contribution in [0.15, 0.2) is 85.1 Å². The van der Waals surface area contributed by atoms with Gasteiger partial charge in [0.05, 0.1) is 5.69 Å². The van der Waals surface area contributed by atoms with Crippen LogP contribution in [0.2, 0.25) is 0 Å². The van der Waals surface area contributed by atoms with Crippen molar-refractivity contribution in [3.05, 3.63) is 90.6 Å². The first-order valence-corrected chi connectivity index (χ1v) is 10.8. The summed E-state index contributed by atoms with van der Waals surface area (Å²) in [4.78, 5) is 4.73. The Labute approximate surface area is 175 Å². The van der Waals surface area contributed by atoms with Crippen LogP contribution in [0, 0.1) is 0 Å². The Bertz CT molecular complexity index is 1320. The average Bonchev–Trinajstić information content (AvgIpc) is 3.13. The number of fused-ring (bicyclic) bond motifs is 3. The molecule has 0 bridgehead atoms. The van der Waals surface area contributed by atoms with E-state index in [0.29, 0.717) is 0 Å². The van der Waals surface area contributed by atoms with Crippen LogP contribution in [0.5, 0.6) is 0 Å². The predicted molar refractivity (Wildman–Crippen MR) is 127 cm³/mol. The minimum absolute atomic E-state index is 0.103. The first kappa shape index (κ1) is 18.1. The van der Waals surface area contributed by atoms with Gasteiger partial charge in [0.2, 0.25) is 0 Å². The summed E-state index contributed by atoms with van der Waals surface area (Å²) in [5, 5.41) is 2.63. The maximum absolute atomic E-state index is 4.73. The third-order valence-electron chi connectivity index (χ3n) is 5.51. The minimum atomic E-state index is 0.103. The molecule has 0 fully saturated rings. The molecular weight excluding hydrogens is 370 g/mol. The third kappa shape index (κ3) is 3.14. The van der Waals surface area contributed by atoms with E-state index in [4.69, 9.17) is 4.98 Å². The zero-order valence-corrected chi connectivity index (χ0v) is 17.8. The van der Waals surface area contributed by atoms with Gasteiger partial charge in [-0.05, 0) is 34.2 Å². The molecule has 2 heterocycles.